The monoisotopic (exact) mass is 387 g/mol. The molecule has 1 saturated heterocycles. The van der Waals surface area contributed by atoms with E-state index in [1.807, 2.05) is 30.6 Å². The van der Waals surface area contributed by atoms with E-state index in [2.05, 4.69) is 62.9 Å². The summed E-state index contributed by atoms with van der Waals surface area (Å²) in [5, 5.41) is 3.31. The zero-order chi connectivity index (χ0) is 19.5. The Kier molecular flexibility index (Phi) is 4.97. The molecular weight excluding hydrogens is 362 g/mol. The second-order valence-electron chi connectivity index (χ2n) is 7.47. The number of hydrogen-bond acceptors (Lipinski definition) is 6. The summed E-state index contributed by atoms with van der Waals surface area (Å²) in [7, 11) is 0. The number of hydrogen-bond donors (Lipinski definition) is 1. The van der Waals surface area contributed by atoms with E-state index in [0.717, 1.165) is 61.6 Å². The molecule has 0 bridgehead atoms. The molecule has 4 heterocycles. The molecule has 1 N–H and O–H groups in total. The summed E-state index contributed by atoms with van der Waals surface area (Å²) in [6, 6.07) is 16.5. The van der Waals surface area contributed by atoms with Crippen LogP contribution in [0.3, 0.4) is 0 Å². The molecule has 0 aliphatic carbocycles. The molecule has 0 spiro atoms. The minimum absolute atomic E-state index is 0.519. The Bertz CT molecular complexity index is 997. The quantitative estimate of drug-likeness (QED) is 0.726. The highest BCUT2D eigenvalue weighted by Gasteiger charge is 2.39. The van der Waals surface area contributed by atoms with Gasteiger partial charge < -0.3 is 9.75 Å². The van der Waals surface area contributed by atoms with E-state index in [4.69, 9.17) is 9.72 Å². The molecule has 29 heavy (non-hydrogen) atoms. The number of fused-ring (bicyclic) bond motifs is 1. The molecular formula is C23H25N5O. The Labute approximate surface area is 170 Å². The van der Waals surface area contributed by atoms with E-state index in [0.29, 0.717) is 0 Å². The highest BCUT2D eigenvalue weighted by Crippen LogP contribution is 2.37. The van der Waals surface area contributed by atoms with Crippen molar-refractivity contribution in [2.75, 3.05) is 39.4 Å². The number of para-hydroxylation sites is 1. The van der Waals surface area contributed by atoms with Crippen molar-refractivity contribution in [3.8, 4) is 0 Å². The van der Waals surface area contributed by atoms with Gasteiger partial charge >= 0.3 is 0 Å². The summed E-state index contributed by atoms with van der Waals surface area (Å²) in [4.78, 5) is 11.7. The Balaban J connectivity index is 1.48. The van der Waals surface area contributed by atoms with Crippen LogP contribution < -0.4 is 5.43 Å². The van der Waals surface area contributed by atoms with Crippen molar-refractivity contribution in [3.05, 3.63) is 84.5 Å². The van der Waals surface area contributed by atoms with Gasteiger partial charge in [0.1, 0.15) is 5.54 Å². The first-order valence-electron chi connectivity index (χ1n) is 10.1. The molecule has 148 valence electrons. The van der Waals surface area contributed by atoms with E-state index >= 15 is 0 Å². The van der Waals surface area contributed by atoms with Crippen LogP contribution in [0.15, 0.2) is 73.2 Å². The molecule has 3 aromatic rings. The van der Waals surface area contributed by atoms with Gasteiger partial charge in [0, 0.05) is 50.2 Å². The smallest absolute Gasteiger partial charge is 0.124 e. The lowest BCUT2D eigenvalue weighted by Gasteiger charge is -2.33. The Morgan fingerprint density at radius 2 is 1.79 bits per heavy atom. The Morgan fingerprint density at radius 3 is 2.66 bits per heavy atom. The predicted molar refractivity (Wildman–Crippen MR) is 113 cm³/mol. The first-order valence-corrected chi connectivity index (χ1v) is 10.1. The van der Waals surface area contributed by atoms with Gasteiger partial charge in [-0.05, 0) is 35.9 Å². The number of rotatable bonds is 5. The average Bonchev–Trinajstić information content (AvgIpc) is 3.24. The number of benzene rings is 1. The summed E-state index contributed by atoms with van der Waals surface area (Å²) < 4.78 is 5.46. The lowest BCUT2D eigenvalue weighted by atomic mass is 9.85. The lowest BCUT2D eigenvalue weighted by Crippen LogP contribution is -2.48. The van der Waals surface area contributed by atoms with Gasteiger partial charge in [0.25, 0.3) is 0 Å². The molecule has 0 amide bonds. The van der Waals surface area contributed by atoms with E-state index < -0.39 is 5.54 Å². The van der Waals surface area contributed by atoms with Crippen LogP contribution in [0, 0.1) is 0 Å². The number of nitrogens with zero attached hydrogens (tertiary/aromatic N) is 4. The molecule has 6 heteroatoms. The van der Waals surface area contributed by atoms with Gasteiger partial charge in [0.05, 0.1) is 24.4 Å². The second-order valence-corrected chi connectivity index (χ2v) is 7.47. The van der Waals surface area contributed by atoms with Crippen LogP contribution in [-0.2, 0) is 10.3 Å². The standard InChI is InChI=1S/C23H25N5O/c1-2-6-21-19(5-1)20(8-11-24-21)23(22-7-3-4-10-25-22)9-12-28(26-23)14-13-27-15-17-29-18-16-27/h1-12,26H,13-18H2. The van der Waals surface area contributed by atoms with Gasteiger partial charge in [-0.15, -0.1) is 0 Å². The van der Waals surface area contributed by atoms with Gasteiger partial charge in [-0.1, -0.05) is 24.3 Å². The third-order valence-electron chi connectivity index (χ3n) is 5.73. The molecule has 0 saturated carbocycles. The molecule has 1 fully saturated rings. The average molecular weight is 387 g/mol. The van der Waals surface area contributed by atoms with Crippen LogP contribution in [0.2, 0.25) is 0 Å². The maximum Gasteiger partial charge on any atom is 0.124 e. The van der Waals surface area contributed by atoms with Crippen molar-refractivity contribution < 1.29 is 4.74 Å². The molecule has 2 aliphatic heterocycles. The summed E-state index contributed by atoms with van der Waals surface area (Å²) in [5.41, 5.74) is 6.34. The second kappa shape index (κ2) is 7.91. The third kappa shape index (κ3) is 3.51. The van der Waals surface area contributed by atoms with Crippen molar-refractivity contribution in [1.82, 2.24) is 25.3 Å². The minimum Gasteiger partial charge on any atom is -0.379 e. The fourth-order valence-electron chi connectivity index (χ4n) is 4.17. The van der Waals surface area contributed by atoms with Crippen LogP contribution in [-0.4, -0.2) is 59.3 Å². The van der Waals surface area contributed by atoms with Gasteiger partial charge in [-0.25, -0.2) is 5.43 Å². The van der Waals surface area contributed by atoms with Crippen LogP contribution in [0.4, 0.5) is 0 Å². The van der Waals surface area contributed by atoms with Crippen LogP contribution in [0.25, 0.3) is 10.9 Å². The van der Waals surface area contributed by atoms with Gasteiger partial charge in [0.15, 0.2) is 0 Å². The lowest BCUT2D eigenvalue weighted by molar-refractivity contribution is 0.0330. The van der Waals surface area contributed by atoms with Gasteiger partial charge in [-0.3, -0.25) is 14.9 Å². The first kappa shape index (κ1) is 18.2. The van der Waals surface area contributed by atoms with Crippen LogP contribution in [0.5, 0.6) is 0 Å². The number of ether oxygens (including phenoxy) is 1. The molecule has 5 rings (SSSR count). The van der Waals surface area contributed by atoms with E-state index in [-0.39, 0.29) is 0 Å². The summed E-state index contributed by atoms with van der Waals surface area (Å²) >= 11 is 0. The molecule has 6 nitrogen and oxygen atoms in total. The SMILES string of the molecule is C1=CC(c2ccccn2)(c2ccnc3ccccc23)NN1CCN1CCOCC1. The fourth-order valence-corrected chi connectivity index (χ4v) is 4.17. The van der Waals surface area contributed by atoms with Crippen molar-refractivity contribution in [2.24, 2.45) is 0 Å². The predicted octanol–water partition coefficient (Wildman–Crippen LogP) is 2.54. The zero-order valence-corrected chi connectivity index (χ0v) is 16.4. The Hall–Kier alpha value is -2.80. The number of nitrogens with one attached hydrogen (secondary N) is 1. The highest BCUT2D eigenvalue weighted by atomic mass is 16.5. The summed E-state index contributed by atoms with van der Waals surface area (Å²) in [6.07, 6.45) is 8.10. The van der Waals surface area contributed by atoms with Crippen molar-refractivity contribution in [1.29, 1.82) is 0 Å². The molecule has 1 atom stereocenters. The summed E-state index contributed by atoms with van der Waals surface area (Å²) in [6.45, 7) is 5.54. The first-order chi connectivity index (χ1) is 14.4. The maximum atomic E-state index is 5.46. The topological polar surface area (TPSA) is 53.5 Å². The number of morpholine rings is 1. The normalized spacial score (nSPS) is 22.4. The molecule has 1 aromatic carbocycles. The van der Waals surface area contributed by atoms with Gasteiger partial charge in [0.2, 0.25) is 0 Å². The molecule has 0 radical (unpaired) electrons. The van der Waals surface area contributed by atoms with Crippen molar-refractivity contribution in [3.63, 3.8) is 0 Å². The van der Waals surface area contributed by atoms with Crippen molar-refractivity contribution >= 4 is 10.9 Å². The summed E-state index contributed by atoms with van der Waals surface area (Å²) in [5.74, 6) is 0. The minimum atomic E-state index is -0.519. The highest BCUT2D eigenvalue weighted by molar-refractivity contribution is 5.84. The third-order valence-corrected chi connectivity index (χ3v) is 5.73. The van der Waals surface area contributed by atoms with E-state index in [9.17, 15) is 0 Å². The molecule has 2 aromatic heterocycles. The van der Waals surface area contributed by atoms with E-state index in [1.165, 1.54) is 0 Å². The number of hydrazine groups is 1. The van der Waals surface area contributed by atoms with E-state index in [1.54, 1.807) is 0 Å². The Morgan fingerprint density at radius 1 is 0.931 bits per heavy atom. The number of aromatic nitrogens is 2. The van der Waals surface area contributed by atoms with Gasteiger partial charge in [-0.2, -0.15) is 0 Å². The zero-order valence-electron chi connectivity index (χ0n) is 16.4. The number of pyridine rings is 2. The molecule has 2 aliphatic rings. The molecule has 1 unspecified atom stereocenters. The van der Waals surface area contributed by atoms with Crippen LogP contribution >= 0.6 is 0 Å². The fraction of sp³-hybridized carbons (Fsp3) is 0.304. The maximum absolute atomic E-state index is 5.46. The van der Waals surface area contributed by atoms with Crippen molar-refractivity contribution in [2.45, 2.75) is 5.54 Å². The largest absolute Gasteiger partial charge is 0.379 e. The van der Waals surface area contributed by atoms with Crippen LogP contribution in [0.1, 0.15) is 11.3 Å².